The van der Waals surface area contributed by atoms with Crippen molar-refractivity contribution in [1.29, 1.82) is 0 Å². The van der Waals surface area contributed by atoms with Crippen molar-refractivity contribution in [2.75, 3.05) is 40.2 Å². The van der Waals surface area contributed by atoms with Gasteiger partial charge in [0.05, 0.1) is 26.9 Å². The third kappa shape index (κ3) is 3.63. The lowest BCUT2D eigenvalue weighted by Crippen LogP contribution is -2.27. The van der Waals surface area contributed by atoms with Crippen LogP contribution in [0.1, 0.15) is 31.2 Å². The van der Waals surface area contributed by atoms with Crippen molar-refractivity contribution < 1.29 is 23.8 Å². The number of ether oxygens (including phenoxy) is 3. The molecule has 0 saturated carbocycles. The Labute approximate surface area is 167 Å². The summed E-state index contributed by atoms with van der Waals surface area (Å²) in [7, 11) is 6.44. The molecule has 1 aromatic carbocycles. The molecule has 2 amide bonds. The van der Waals surface area contributed by atoms with Crippen LogP contribution < -0.4 is 25.3 Å². The number of primary amides is 1. The van der Waals surface area contributed by atoms with Gasteiger partial charge in [0.2, 0.25) is 0 Å². The Bertz CT molecular complexity index is 900. The number of nitrogens with two attached hydrogens (primary N) is 1. The fraction of sp³-hybridized carbons (Fsp3) is 0.368. The Morgan fingerprint density at radius 2 is 1.75 bits per heavy atom. The maximum atomic E-state index is 13.1. The quantitative estimate of drug-likeness (QED) is 0.763. The molecule has 1 aliphatic rings. The highest BCUT2D eigenvalue weighted by Gasteiger charge is 2.28. The van der Waals surface area contributed by atoms with Crippen molar-refractivity contribution in [2.45, 2.75) is 13.0 Å². The van der Waals surface area contributed by atoms with Gasteiger partial charge in [-0.1, -0.05) is 0 Å². The number of hydrogen-bond acceptors (Lipinski definition) is 7. The van der Waals surface area contributed by atoms with E-state index in [4.69, 9.17) is 19.9 Å². The minimum Gasteiger partial charge on any atom is -0.496 e. The number of nitrogens with zero attached hydrogens (tertiary/aromatic N) is 1. The number of carbonyl (C=O) groups excluding carboxylic acids is 2. The summed E-state index contributed by atoms with van der Waals surface area (Å²) in [4.78, 5) is 28.3. The van der Waals surface area contributed by atoms with Crippen LogP contribution in [0.3, 0.4) is 0 Å². The van der Waals surface area contributed by atoms with Crippen LogP contribution in [0.2, 0.25) is 0 Å². The second-order valence-corrected chi connectivity index (χ2v) is 7.53. The van der Waals surface area contributed by atoms with Gasteiger partial charge in [0.25, 0.3) is 11.8 Å². The molecule has 0 saturated heterocycles. The van der Waals surface area contributed by atoms with Crippen LogP contribution in [-0.2, 0) is 13.0 Å². The first-order chi connectivity index (χ1) is 13.4. The largest absolute Gasteiger partial charge is 0.496 e. The van der Waals surface area contributed by atoms with E-state index in [1.54, 1.807) is 12.1 Å². The number of hydrogen-bond donors (Lipinski definition) is 2. The molecule has 3 N–H and O–H groups in total. The molecule has 0 spiro atoms. The topological polar surface area (TPSA) is 103 Å². The molecule has 0 aliphatic carbocycles. The predicted octanol–water partition coefficient (Wildman–Crippen LogP) is 2.11. The number of nitrogens with one attached hydrogen (secondary N) is 1. The zero-order valence-electron chi connectivity index (χ0n) is 16.3. The van der Waals surface area contributed by atoms with Crippen LogP contribution in [0.15, 0.2) is 12.1 Å². The normalized spacial score (nSPS) is 13.6. The summed E-state index contributed by atoms with van der Waals surface area (Å²) in [6.45, 7) is 1.54. The Morgan fingerprint density at radius 3 is 2.29 bits per heavy atom. The van der Waals surface area contributed by atoms with E-state index in [1.165, 1.54) is 32.7 Å². The lowest BCUT2D eigenvalue weighted by molar-refractivity contribution is 0.1000. The number of fused-ring (bicyclic) bond motifs is 1. The third-order valence-corrected chi connectivity index (χ3v) is 5.80. The van der Waals surface area contributed by atoms with E-state index in [-0.39, 0.29) is 5.56 Å². The number of benzene rings is 1. The zero-order valence-corrected chi connectivity index (χ0v) is 17.1. The SMILES string of the molecule is COc1cc(OC)c(C(=O)Nc2sc3c(c2C(N)=O)CCN(C)C3)c(OC)c1. The monoisotopic (exact) mass is 405 g/mol. The third-order valence-electron chi connectivity index (χ3n) is 4.66. The van der Waals surface area contributed by atoms with Crippen molar-refractivity contribution in [3.8, 4) is 17.2 Å². The first-order valence-electron chi connectivity index (χ1n) is 8.63. The molecular weight excluding hydrogens is 382 g/mol. The van der Waals surface area contributed by atoms with E-state index in [0.717, 1.165) is 17.0 Å². The molecule has 0 fully saturated rings. The average Bonchev–Trinajstić information content (AvgIpc) is 3.03. The van der Waals surface area contributed by atoms with Crippen LogP contribution in [-0.4, -0.2) is 51.6 Å². The first-order valence-corrected chi connectivity index (χ1v) is 9.45. The van der Waals surface area contributed by atoms with Gasteiger partial charge in [0.15, 0.2) is 0 Å². The summed E-state index contributed by atoms with van der Waals surface area (Å²) >= 11 is 1.37. The predicted molar refractivity (Wildman–Crippen MR) is 107 cm³/mol. The summed E-state index contributed by atoms with van der Waals surface area (Å²) in [5.41, 5.74) is 7.13. The van der Waals surface area contributed by atoms with Crippen molar-refractivity contribution >= 4 is 28.2 Å². The smallest absolute Gasteiger partial charge is 0.263 e. The van der Waals surface area contributed by atoms with Gasteiger partial charge >= 0.3 is 0 Å². The number of thiophene rings is 1. The Balaban J connectivity index is 2.01. The molecule has 2 aromatic rings. The van der Waals surface area contributed by atoms with Crippen molar-refractivity contribution in [2.24, 2.45) is 5.73 Å². The van der Waals surface area contributed by atoms with E-state index in [1.807, 2.05) is 7.05 Å². The zero-order chi connectivity index (χ0) is 20.4. The highest BCUT2D eigenvalue weighted by Crippen LogP contribution is 2.39. The number of amides is 2. The highest BCUT2D eigenvalue weighted by molar-refractivity contribution is 7.17. The standard InChI is InChI=1S/C19H23N3O5S/c1-22-6-5-11-14(9-22)28-19(15(11)17(20)23)21-18(24)16-12(26-3)7-10(25-2)8-13(16)27-4/h7-8H,5-6,9H2,1-4H3,(H2,20,23)(H,21,24). The molecule has 0 bridgehead atoms. The molecule has 9 heteroatoms. The molecule has 0 unspecified atom stereocenters. The number of anilines is 1. The van der Waals surface area contributed by atoms with E-state index < -0.39 is 11.8 Å². The van der Waals surface area contributed by atoms with Crippen LogP contribution in [0.5, 0.6) is 17.2 Å². The molecule has 2 heterocycles. The van der Waals surface area contributed by atoms with Gasteiger partial charge < -0.3 is 30.2 Å². The Hall–Kier alpha value is -2.78. The van der Waals surface area contributed by atoms with Gasteiger partial charge in [0, 0.05) is 30.1 Å². The summed E-state index contributed by atoms with van der Waals surface area (Å²) in [5.74, 6) is 0.0975. The van der Waals surface area contributed by atoms with Gasteiger partial charge in [-0.2, -0.15) is 0 Å². The Kier molecular flexibility index (Phi) is 5.76. The van der Waals surface area contributed by atoms with E-state index in [0.29, 0.717) is 40.8 Å². The minimum absolute atomic E-state index is 0.213. The van der Waals surface area contributed by atoms with Crippen molar-refractivity contribution in [3.05, 3.63) is 33.7 Å². The number of carbonyl (C=O) groups is 2. The van der Waals surface area contributed by atoms with Gasteiger partial charge in [-0.15, -0.1) is 11.3 Å². The molecule has 1 aliphatic heterocycles. The maximum Gasteiger partial charge on any atom is 0.263 e. The molecule has 28 heavy (non-hydrogen) atoms. The second kappa shape index (κ2) is 8.07. The molecule has 8 nitrogen and oxygen atoms in total. The summed E-state index contributed by atoms with van der Waals surface area (Å²) < 4.78 is 15.9. The van der Waals surface area contributed by atoms with Crippen LogP contribution in [0.25, 0.3) is 0 Å². The fourth-order valence-electron chi connectivity index (χ4n) is 3.27. The molecular formula is C19H23N3O5S. The van der Waals surface area contributed by atoms with E-state index >= 15 is 0 Å². The molecule has 150 valence electrons. The van der Waals surface area contributed by atoms with Gasteiger partial charge in [-0.25, -0.2) is 0 Å². The highest BCUT2D eigenvalue weighted by atomic mass is 32.1. The Morgan fingerprint density at radius 1 is 1.11 bits per heavy atom. The molecule has 3 rings (SSSR count). The molecule has 0 radical (unpaired) electrons. The maximum absolute atomic E-state index is 13.1. The second-order valence-electron chi connectivity index (χ2n) is 6.42. The van der Waals surface area contributed by atoms with E-state index in [9.17, 15) is 9.59 Å². The lowest BCUT2D eigenvalue weighted by Gasteiger charge is -2.22. The fourth-order valence-corrected chi connectivity index (χ4v) is 4.60. The summed E-state index contributed by atoms with van der Waals surface area (Å²) in [5, 5.41) is 3.27. The van der Waals surface area contributed by atoms with Crippen molar-refractivity contribution in [3.63, 3.8) is 0 Å². The number of likely N-dealkylation sites (N-methyl/N-ethyl adjacent to an activating group) is 1. The molecule has 0 atom stereocenters. The van der Waals surface area contributed by atoms with Gasteiger partial charge in [-0.05, 0) is 19.0 Å². The average molecular weight is 405 g/mol. The van der Waals surface area contributed by atoms with Gasteiger partial charge in [0.1, 0.15) is 27.8 Å². The summed E-state index contributed by atoms with van der Waals surface area (Å²) in [6.07, 6.45) is 0.714. The van der Waals surface area contributed by atoms with Crippen molar-refractivity contribution in [1.82, 2.24) is 4.90 Å². The first kappa shape index (κ1) is 20.0. The summed E-state index contributed by atoms with van der Waals surface area (Å²) in [6, 6.07) is 3.20. The number of methoxy groups -OCH3 is 3. The van der Waals surface area contributed by atoms with Crippen LogP contribution in [0.4, 0.5) is 5.00 Å². The van der Waals surface area contributed by atoms with Gasteiger partial charge in [-0.3, -0.25) is 9.59 Å². The van der Waals surface area contributed by atoms with E-state index in [2.05, 4.69) is 10.2 Å². The minimum atomic E-state index is -0.550. The van der Waals surface area contributed by atoms with Crippen LogP contribution in [0, 0.1) is 0 Å². The molecule has 1 aromatic heterocycles. The lowest BCUT2D eigenvalue weighted by atomic mass is 10.0. The number of rotatable bonds is 6. The van der Waals surface area contributed by atoms with Crippen LogP contribution >= 0.6 is 11.3 Å².